The molecule has 1 N–H and O–H groups in total. The minimum atomic E-state index is -0.177. The number of benzene rings is 1. The Morgan fingerprint density at radius 2 is 2.20 bits per heavy atom. The van der Waals surface area contributed by atoms with Crippen LogP contribution in [0.2, 0.25) is 5.02 Å². The molecule has 0 aliphatic carbocycles. The first kappa shape index (κ1) is 13.2. The molecule has 1 saturated heterocycles. The second-order valence-corrected chi connectivity index (χ2v) is 5.67. The summed E-state index contributed by atoms with van der Waals surface area (Å²) in [4.78, 5) is 18.2. The number of nitrogens with one attached hydrogen (secondary N) is 1. The third-order valence-corrected chi connectivity index (χ3v) is 3.96. The summed E-state index contributed by atoms with van der Waals surface area (Å²) in [6, 6.07) is 7.47. The van der Waals surface area contributed by atoms with Crippen molar-refractivity contribution < 1.29 is 4.79 Å². The summed E-state index contributed by atoms with van der Waals surface area (Å²) in [5.74, 6) is 0.849. The van der Waals surface area contributed by atoms with Crippen LogP contribution in [0.3, 0.4) is 0 Å². The first-order chi connectivity index (χ1) is 9.54. The van der Waals surface area contributed by atoms with Crippen LogP contribution in [0.5, 0.6) is 0 Å². The lowest BCUT2D eigenvalue weighted by Crippen LogP contribution is -2.31. The zero-order valence-corrected chi connectivity index (χ0v) is 12.2. The van der Waals surface area contributed by atoms with Gasteiger partial charge in [-0.3, -0.25) is 4.79 Å². The zero-order chi connectivity index (χ0) is 14.3. The molecule has 1 fully saturated rings. The fourth-order valence-electron chi connectivity index (χ4n) is 2.58. The number of pyridine rings is 1. The smallest absolute Gasteiger partial charge is 0.244 e. The van der Waals surface area contributed by atoms with Crippen molar-refractivity contribution in [3.63, 3.8) is 0 Å². The Morgan fingerprint density at radius 3 is 2.90 bits per heavy atom. The Morgan fingerprint density at radius 1 is 1.40 bits per heavy atom. The third kappa shape index (κ3) is 2.31. The molecular formula is C15H16ClN3O. The number of hydrogen-bond acceptors (Lipinski definition) is 3. The van der Waals surface area contributed by atoms with Crippen molar-refractivity contribution in [2.24, 2.45) is 0 Å². The van der Waals surface area contributed by atoms with E-state index < -0.39 is 0 Å². The van der Waals surface area contributed by atoms with Gasteiger partial charge >= 0.3 is 0 Å². The van der Waals surface area contributed by atoms with Gasteiger partial charge in [-0.05, 0) is 37.1 Å². The zero-order valence-electron chi connectivity index (χ0n) is 11.5. The van der Waals surface area contributed by atoms with E-state index in [0.29, 0.717) is 5.02 Å². The molecule has 0 bridgehead atoms. The van der Waals surface area contributed by atoms with E-state index in [1.807, 2.05) is 38.2 Å². The fourth-order valence-corrected chi connectivity index (χ4v) is 2.75. The van der Waals surface area contributed by atoms with Crippen molar-refractivity contribution in [1.82, 2.24) is 9.88 Å². The number of rotatable bonds is 2. The number of aryl methyl sites for hydroxylation is 1. The number of halogens is 1. The standard InChI is InChI=1S/C15H16ClN3O/c1-9-7-14(17-12-5-6-19(2)15(12)20)18-13-8-10(16)3-4-11(9)13/h3-4,7-8,12H,5-6H2,1-2H3,(H,17,18). The molecule has 1 atom stereocenters. The molecule has 0 radical (unpaired) electrons. The van der Waals surface area contributed by atoms with Crippen molar-refractivity contribution in [3.05, 3.63) is 34.9 Å². The molecule has 2 heterocycles. The van der Waals surface area contributed by atoms with Gasteiger partial charge in [-0.1, -0.05) is 17.7 Å². The van der Waals surface area contributed by atoms with Crippen molar-refractivity contribution in [2.45, 2.75) is 19.4 Å². The van der Waals surface area contributed by atoms with Crippen LogP contribution in [0.25, 0.3) is 10.9 Å². The van der Waals surface area contributed by atoms with Gasteiger partial charge in [-0.2, -0.15) is 0 Å². The molecule has 5 heteroatoms. The van der Waals surface area contributed by atoms with Gasteiger partial charge in [0.1, 0.15) is 11.9 Å². The minimum Gasteiger partial charge on any atom is -0.358 e. The van der Waals surface area contributed by atoms with E-state index in [1.165, 1.54) is 0 Å². The predicted molar refractivity (Wildman–Crippen MR) is 81.2 cm³/mol. The quantitative estimate of drug-likeness (QED) is 0.925. The summed E-state index contributed by atoms with van der Waals surface area (Å²) in [7, 11) is 1.82. The lowest BCUT2D eigenvalue weighted by molar-refractivity contribution is -0.127. The Bertz CT molecular complexity index is 686. The molecule has 2 aromatic rings. The third-order valence-electron chi connectivity index (χ3n) is 3.73. The van der Waals surface area contributed by atoms with E-state index in [-0.39, 0.29) is 11.9 Å². The van der Waals surface area contributed by atoms with Crippen molar-refractivity contribution in [2.75, 3.05) is 18.9 Å². The van der Waals surface area contributed by atoms with Gasteiger partial charge in [0, 0.05) is 24.0 Å². The van der Waals surface area contributed by atoms with Gasteiger partial charge in [0.25, 0.3) is 0 Å². The van der Waals surface area contributed by atoms with Crippen LogP contribution in [0.4, 0.5) is 5.82 Å². The first-order valence-corrected chi connectivity index (χ1v) is 7.01. The molecule has 1 aliphatic heterocycles. The van der Waals surface area contributed by atoms with Gasteiger partial charge < -0.3 is 10.2 Å². The summed E-state index contributed by atoms with van der Waals surface area (Å²) in [6.45, 7) is 2.82. The van der Waals surface area contributed by atoms with Gasteiger partial charge in [-0.15, -0.1) is 0 Å². The minimum absolute atomic E-state index is 0.121. The number of likely N-dealkylation sites (tertiary alicyclic amines) is 1. The largest absolute Gasteiger partial charge is 0.358 e. The van der Waals surface area contributed by atoms with Gasteiger partial charge in [0.15, 0.2) is 0 Å². The fraction of sp³-hybridized carbons (Fsp3) is 0.333. The number of carbonyl (C=O) groups excluding carboxylic acids is 1. The molecule has 4 nitrogen and oxygen atoms in total. The molecular weight excluding hydrogens is 274 g/mol. The van der Waals surface area contributed by atoms with Crippen molar-refractivity contribution in [1.29, 1.82) is 0 Å². The van der Waals surface area contributed by atoms with Crippen molar-refractivity contribution in [3.8, 4) is 0 Å². The predicted octanol–water partition coefficient (Wildman–Crippen LogP) is 2.84. The maximum absolute atomic E-state index is 11.9. The van der Waals surface area contributed by atoms with Crippen LogP contribution < -0.4 is 5.32 Å². The molecule has 104 valence electrons. The van der Waals surface area contributed by atoms with Crippen LogP contribution in [-0.4, -0.2) is 35.4 Å². The number of amides is 1. The highest BCUT2D eigenvalue weighted by Gasteiger charge is 2.29. The number of nitrogens with zero attached hydrogens (tertiary/aromatic N) is 2. The lowest BCUT2D eigenvalue weighted by Gasteiger charge is -2.14. The van der Waals surface area contributed by atoms with Crippen LogP contribution in [0.1, 0.15) is 12.0 Å². The van der Waals surface area contributed by atoms with Crippen LogP contribution >= 0.6 is 11.6 Å². The summed E-state index contributed by atoms with van der Waals surface area (Å²) in [5.41, 5.74) is 1.96. The summed E-state index contributed by atoms with van der Waals surface area (Å²) < 4.78 is 0. The Kier molecular flexibility index (Phi) is 3.26. The van der Waals surface area contributed by atoms with E-state index in [9.17, 15) is 4.79 Å². The van der Waals surface area contributed by atoms with Crippen LogP contribution in [0, 0.1) is 6.92 Å². The average molecular weight is 290 g/mol. The number of likely N-dealkylation sites (N-methyl/N-ethyl adjacent to an activating group) is 1. The number of carbonyl (C=O) groups is 1. The van der Waals surface area contributed by atoms with E-state index in [0.717, 1.165) is 35.2 Å². The van der Waals surface area contributed by atoms with E-state index >= 15 is 0 Å². The van der Waals surface area contributed by atoms with E-state index in [1.54, 1.807) is 4.90 Å². The van der Waals surface area contributed by atoms with Gasteiger partial charge in [-0.25, -0.2) is 4.98 Å². The average Bonchev–Trinajstić information content (AvgIpc) is 2.70. The molecule has 20 heavy (non-hydrogen) atoms. The summed E-state index contributed by atoms with van der Waals surface area (Å²) in [6.07, 6.45) is 0.809. The van der Waals surface area contributed by atoms with E-state index in [2.05, 4.69) is 10.3 Å². The molecule has 1 aliphatic rings. The topological polar surface area (TPSA) is 45.2 Å². The Hall–Kier alpha value is -1.81. The molecule has 1 aromatic heterocycles. The van der Waals surface area contributed by atoms with Crippen LogP contribution in [-0.2, 0) is 4.79 Å². The maximum Gasteiger partial charge on any atom is 0.244 e. The maximum atomic E-state index is 11.9. The Balaban J connectivity index is 1.94. The monoisotopic (exact) mass is 289 g/mol. The second-order valence-electron chi connectivity index (χ2n) is 5.23. The molecule has 0 spiro atoms. The van der Waals surface area contributed by atoms with Gasteiger partial charge in [0.05, 0.1) is 5.52 Å². The number of fused-ring (bicyclic) bond motifs is 1. The normalized spacial score (nSPS) is 18.9. The van der Waals surface area contributed by atoms with E-state index in [4.69, 9.17) is 11.6 Å². The number of anilines is 1. The lowest BCUT2D eigenvalue weighted by atomic mass is 10.1. The Labute approximate surface area is 122 Å². The van der Waals surface area contributed by atoms with Crippen molar-refractivity contribution >= 4 is 34.2 Å². The highest BCUT2D eigenvalue weighted by atomic mass is 35.5. The summed E-state index contributed by atoms with van der Waals surface area (Å²) >= 11 is 6.01. The second kappa shape index (κ2) is 4.94. The number of hydrogen-bond donors (Lipinski definition) is 1. The molecule has 1 aromatic carbocycles. The highest BCUT2D eigenvalue weighted by Crippen LogP contribution is 2.24. The molecule has 0 saturated carbocycles. The number of aromatic nitrogens is 1. The highest BCUT2D eigenvalue weighted by molar-refractivity contribution is 6.31. The molecule has 1 amide bonds. The van der Waals surface area contributed by atoms with Crippen LogP contribution in [0.15, 0.2) is 24.3 Å². The SMILES string of the molecule is Cc1cc(NC2CCN(C)C2=O)nc2cc(Cl)ccc12. The summed E-state index contributed by atoms with van der Waals surface area (Å²) in [5, 5.41) is 4.97. The molecule has 3 rings (SSSR count). The van der Waals surface area contributed by atoms with Gasteiger partial charge in [0.2, 0.25) is 5.91 Å². The first-order valence-electron chi connectivity index (χ1n) is 6.63. The molecule has 1 unspecified atom stereocenters.